The SMILES string of the molecule is CCON1C(=O)[C@@H](C(=O)[C@@H](N)C(C)C)[C@H](C)C1=O. The molecule has 1 aliphatic rings. The van der Waals surface area contributed by atoms with Gasteiger partial charge in [0.1, 0.15) is 5.92 Å². The minimum Gasteiger partial charge on any atom is -0.321 e. The minimum atomic E-state index is -1.01. The molecule has 0 aromatic carbocycles. The average molecular weight is 256 g/mol. The van der Waals surface area contributed by atoms with E-state index in [1.165, 1.54) is 0 Å². The van der Waals surface area contributed by atoms with Crippen LogP contribution in [0.25, 0.3) is 0 Å². The van der Waals surface area contributed by atoms with E-state index >= 15 is 0 Å². The molecule has 0 unspecified atom stereocenters. The Balaban J connectivity index is 2.93. The molecule has 3 atom stereocenters. The topological polar surface area (TPSA) is 89.7 Å². The van der Waals surface area contributed by atoms with Gasteiger partial charge in [-0.3, -0.25) is 19.2 Å². The Labute approximate surface area is 106 Å². The van der Waals surface area contributed by atoms with Crippen molar-refractivity contribution in [1.82, 2.24) is 5.06 Å². The first-order chi connectivity index (χ1) is 8.32. The number of hydrogen-bond donors (Lipinski definition) is 1. The Hall–Kier alpha value is -1.27. The standard InChI is InChI=1S/C12H20N2O4/c1-5-18-14-11(16)7(4)8(12(14)17)10(15)9(13)6(2)3/h6-9H,5,13H2,1-4H3/t7-,8+,9-/m0/s1. The molecule has 0 spiro atoms. The molecule has 2 amide bonds. The molecule has 1 aliphatic heterocycles. The number of rotatable bonds is 5. The highest BCUT2D eigenvalue weighted by Crippen LogP contribution is 2.28. The molecular weight excluding hydrogens is 236 g/mol. The van der Waals surface area contributed by atoms with Gasteiger partial charge in [0.25, 0.3) is 11.8 Å². The maximum atomic E-state index is 12.1. The van der Waals surface area contributed by atoms with Crippen molar-refractivity contribution in [2.45, 2.75) is 33.7 Å². The van der Waals surface area contributed by atoms with Gasteiger partial charge in [-0.25, -0.2) is 0 Å². The Morgan fingerprint density at radius 1 is 1.39 bits per heavy atom. The van der Waals surface area contributed by atoms with Gasteiger partial charge in [-0.1, -0.05) is 20.8 Å². The van der Waals surface area contributed by atoms with Crippen LogP contribution in [0.4, 0.5) is 0 Å². The Kier molecular flexibility index (Phi) is 4.59. The van der Waals surface area contributed by atoms with E-state index in [1.807, 2.05) is 0 Å². The fourth-order valence-electron chi connectivity index (χ4n) is 1.94. The van der Waals surface area contributed by atoms with Crippen LogP contribution in [0.2, 0.25) is 0 Å². The highest BCUT2D eigenvalue weighted by Gasteiger charge is 2.51. The van der Waals surface area contributed by atoms with Crippen LogP contribution in [-0.4, -0.2) is 35.3 Å². The fourth-order valence-corrected chi connectivity index (χ4v) is 1.94. The van der Waals surface area contributed by atoms with E-state index in [4.69, 9.17) is 10.6 Å². The monoisotopic (exact) mass is 256 g/mol. The van der Waals surface area contributed by atoms with Gasteiger partial charge in [0.15, 0.2) is 5.78 Å². The number of carbonyl (C=O) groups is 3. The van der Waals surface area contributed by atoms with Crippen molar-refractivity contribution >= 4 is 17.6 Å². The van der Waals surface area contributed by atoms with Gasteiger partial charge in [0, 0.05) is 0 Å². The summed E-state index contributed by atoms with van der Waals surface area (Å²) in [5.74, 6) is -3.26. The lowest BCUT2D eigenvalue weighted by Gasteiger charge is -2.19. The molecule has 6 heteroatoms. The summed E-state index contributed by atoms with van der Waals surface area (Å²) in [5, 5.41) is 0.695. The number of nitrogens with two attached hydrogens (primary N) is 1. The first-order valence-corrected chi connectivity index (χ1v) is 6.12. The normalized spacial score (nSPS) is 26.0. The van der Waals surface area contributed by atoms with Crippen LogP contribution in [0.3, 0.4) is 0 Å². The zero-order chi connectivity index (χ0) is 14.0. The van der Waals surface area contributed by atoms with Gasteiger partial charge in [0.2, 0.25) is 0 Å². The molecular formula is C12H20N2O4. The molecule has 0 radical (unpaired) electrons. The smallest absolute Gasteiger partial charge is 0.264 e. The lowest BCUT2D eigenvalue weighted by atomic mass is 9.85. The third-order valence-corrected chi connectivity index (χ3v) is 3.17. The molecule has 6 nitrogen and oxygen atoms in total. The summed E-state index contributed by atoms with van der Waals surface area (Å²) in [4.78, 5) is 40.9. The van der Waals surface area contributed by atoms with Gasteiger partial charge >= 0.3 is 0 Å². The van der Waals surface area contributed by atoms with Crippen LogP contribution in [0, 0.1) is 17.8 Å². The predicted molar refractivity (Wildman–Crippen MR) is 64.0 cm³/mol. The van der Waals surface area contributed by atoms with Crippen molar-refractivity contribution in [3.05, 3.63) is 0 Å². The number of hydroxylamine groups is 2. The lowest BCUT2D eigenvalue weighted by Crippen LogP contribution is -2.43. The second-order valence-corrected chi connectivity index (χ2v) is 4.83. The van der Waals surface area contributed by atoms with Crippen LogP contribution in [0.15, 0.2) is 0 Å². The second-order valence-electron chi connectivity index (χ2n) is 4.83. The average Bonchev–Trinajstić information content (AvgIpc) is 2.52. The summed E-state index contributed by atoms with van der Waals surface area (Å²) in [5.41, 5.74) is 5.76. The number of nitrogens with zero attached hydrogens (tertiary/aromatic N) is 1. The Morgan fingerprint density at radius 3 is 2.39 bits per heavy atom. The quantitative estimate of drug-likeness (QED) is 0.557. The minimum absolute atomic E-state index is 0.0752. The van der Waals surface area contributed by atoms with E-state index in [-0.39, 0.29) is 12.5 Å². The molecule has 1 heterocycles. The summed E-state index contributed by atoms with van der Waals surface area (Å²) in [6.07, 6.45) is 0. The number of amides is 2. The first-order valence-electron chi connectivity index (χ1n) is 6.12. The van der Waals surface area contributed by atoms with Gasteiger partial charge < -0.3 is 5.73 Å². The number of hydrogen-bond acceptors (Lipinski definition) is 5. The largest absolute Gasteiger partial charge is 0.321 e. The molecule has 2 N–H and O–H groups in total. The van der Waals surface area contributed by atoms with Gasteiger partial charge in [-0.05, 0) is 12.8 Å². The van der Waals surface area contributed by atoms with Crippen LogP contribution < -0.4 is 5.73 Å². The third-order valence-electron chi connectivity index (χ3n) is 3.17. The Morgan fingerprint density at radius 2 is 1.94 bits per heavy atom. The van der Waals surface area contributed by atoms with Crippen molar-refractivity contribution in [1.29, 1.82) is 0 Å². The highest BCUT2D eigenvalue weighted by molar-refractivity contribution is 6.15. The van der Waals surface area contributed by atoms with Crippen LogP contribution in [0.5, 0.6) is 0 Å². The lowest BCUT2D eigenvalue weighted by molar-refractivity contribution is -0.188. The van der Waals surface area contributed by atoms with Crippen molar-refractivity contribution in [2.75, 3.05) is 6.61 Å². The summed E-state index contributed by atoms with van der Waals surface area (Å²) < 4.78 is 0. The van der Waals surface area contributed by atoms with Crippen LogP contribution in [-0.2, 0) is 19.2 Å². The second kappa shape index (κ2) is 5.58. The van der Waals surface area contributed by atoms with Gasteiger partial charge in [-0.2, -0.15) is 5.06 Å². The predicted octanol–water partition coefficient (Wildman–Crippen LogP) is 0.111. The zero-order valence-electron chi connectivity index (χ0n) is 11.2. The van der Waals surface area contributed by atoms with E-state index in [0.717, 1.165) is 0 Å². The summed E-state index contributed by atoms with van der Waals surface area (Å²) in [7, 11) is 0. The van der Waals surface area contributed by atoms with Crippen molar-refractivity contribution in [2.24, 2.45) is 23.5 Å². The fraction of sp³-hybridized carbons (Fsp3) is 0.750. The van der Waals surface area contributed by atoms with E-state index in [9.17, 15) is 14.4 Å². The molecule has 102 valence electrons. The zero-order valence-corrected chi connectivity index (χ0v) is 11.2. The maximum Gasteiger partial charge on any atom is 0.264 e. The number of carbonyl (C=O) groups excluding carboxylic acids is 3. The first kappa shape index (κ1) is 14.8. The van der Waals surface area contributed by atoms with Crippen LogP contribution in [0.1, 0.15) is 27.7 Å². The summed E-state index contributed by atoms with van der Waals surface area (Å²) in [6, 6.07) is -0.740. The number of imide groups is 1. The molecule has 1 fully saturated rings. The number of ketones is 1. The van der Waals surface area contributed by atoms with Crippen molar-refractivity contribution in [3.63, 3.8) is 0 Å². The molecule has 1 saturated heterocycles. The van der Waals surface area contributed by atoms with E-state index in [1.54, 1.807) is 27.7 Å². The molecule has 0 aromatic rings. The van der Waals surface area contributed by atoms with Crippen molar-refractivity contribution in [3.8, 4) is 0 Å². The highest BCUT2D eigenvalue weighted by atomic mass is 16.7. The molecule has 0 saturated carbocycles. The van der Waals surface area contributed by atoms with Crippen molar-refractivity contribution < 1.29 is 19.2 Å². The van der Waals surface area contributed by atoms with Gasteiger partial charge in [0.05, 0.1) is 18.6 Å². The molecule has 1 rings (SSSR count). The third kappa shape index (κ3) is 2.44. The Bertz CT molecular complexity index is 367. The molecule has 18 heavy (non-hydrogen) atoms. The van der Waals surface area contributed by atoms with Crippen LogP contribution >= 0.6 is 0 Å². The van der Waals surface area contributed by atoms with E-state index in [0.29, 0.717) is 5.06 Å². The van der Waals surface area contributed by atoms with Gasteiger partial charge in [-0.15, -0.1) is 0 Å². The molecule has 0 bridgehead atoms. The van der Waals surface area contributed by atoms with E-state index in [2.05, 4.69) is 0 Å². The van der Waals surface area contributed by atoms with E-state index < -0.39 is 35.5 Å². The maximum absolute atomic E-state index is 12.1. The summed E-state index contributed by atoms with van der Waals surface area (Å²) in [6.45, 7) is 7.01. The summed E-state index contributed by atoms with van der Waals surface area (Å²) >= 11 is 0. The molecule has 0 aromatic heterocycles. The molecule has 0 aliphatic carbocycles. The number of Topliss-reactive ketones (excluding diaryl/α,β-unsaturated/α-hetero) is 1.